The van der Waals surface area contributed by atoms with Crippen LogP contribution in [0.5, 0.6) is 0 Å². The molecule has 5 aromatic rings. The summed E-state index contributed by atoms with van der Waals surface area (Å²) < 4.78 is 2.71. The maximum Gasteiger partial charge on any atom is 0.0361 e. The first kappa shape index (κ1) is 20.7. The Morgan fingerprint density at radius 2 is 0.938 bits per heavy atom. The molecule has 0 unspecified atom stereocenters. The van der Waals surface area contributed by atoms with Gasteiger partial charge in [0.25, 0.3) is 0 Å². The lowest BCUT2D eigenvalue weighted by Crippen LogP contribution is -1.81. The van der Waals surface area contributed by atoms with E-state index in [2.05, 4.69) is 97.2 Å². The average molecular weight is 449 g/mol. The van der Waals surface area contributed by atoms with Crippen LogP contribution in [0.25, 0.3) is 53.9 Å². The van der Waals surface area contributed by atoms with E-state index in [4.69, 9.17) is 0 Å². The molecule has 2 aromatic heterocycles. The molecule has 156 valence electrons. The zero-order valence-corrected chi connectivity index (χ0v) is 19.8. The van der Waals surface area contributed by atoms with Crippen LogP contribution in [-0.2, 0) is 0 Å². The molecule has 0 N–H and O–H groups in total. The van der Waals surface area contributed by atoms with E-state index < -0.39 is 0 Å². The fourth-order valence-electron chi connectivity index (χ4n) is 4.28. The van der Waals surface area contributed by atoms with Gasteiger partial charge < -0.3 is 0 Å². The lowest BCUT2D eigenvalue weighted by molar-refractivity contribution is 1.73. The van der Waals surface area contributed by atoms with Gasteiger partial charge >= 0.3 is 0 Å². The molecular weight excluding hydrogens is 424 g/mol. The summed E-state index contributed by atoms with van der Waals surface area (Å²) >= 11 is 3.77. The number of rotatable bonds is 6. The molecule has 0 aliphatic carbocycles. The number of hydrogen-bond donors (Lipinski definition) is 0. The summed E-state index contributed by atoms with van der Waals surface area (Å²) in [6, 6.07) is 13.5. The third-order valence-electron chi connectivity index (χ3n) is 5.57. The summed E-state index contributed by atoms with van der Waals surface area (Å²) in [6.45, 7) is 4.07. The second-order valence-electron chi connectivity index (χ2n) is 7.58. The van der Waals surface area contributed by atoms with Crippen molar-refractivity contribution in [2.75, 3.05) is 0 Å². The predicted molar refractivity (Wildman–Crippen MR) is 149 cm³/mol. The van der Waals surface area contributed by atoms with Crippen LogP contribution < -0.4 is 0 Å². The average Bonchev–Trinajstić information content (AvgIpc) is 3.37. The van der Waals surface area contributed by atoms with Crippen molar-refractivity contribution in [1.82, 2.24) is 0 Å². The van der Waals surface area contributed by atoms with Gasteiger partial charge in [0.15, 0.2) is 0 Å². The number of hydrogen-bond acceptors (Lipinski definition) is 2. The molecule has 0 fully saturated rings. The molecule has 0 amide bonds. The molecule has 0 aliphatic heterocycles. The van der Waals surface area contributed by atoms with Gasteiger partial charge in [-0.15, -0.1) is 22.7 Å². The van der Waals surface area contributed by atoms with Crippen molar-refractivity contribution < 1.29 is 0 Å². The van der Waals surface area contributed by atoms with Crippen molar-refractivity contribution >= 4 is 76.5 Å². The minimum Gasteiger partial charge on any atom is -0.135 e. The largest absolute Gasteiger partial charge is 0.135 e. The van der Waals surface area contributed by atoms with Gasteiger partial charge in [-0.2, -0.15) is 0 Å². The Morgan fingerprint density at radius 1 is 0.500 bits per heavy atom. The van der Waals surface area contributed by atoms with Gasteiger partial charge in [0.1, 0.15) is 0 Å². The Kier molecular flexibility index (Phi) is 5.89. The maximum absolute atomic E-state index is 2.29. The zero-order valence-electron chi connectivity index (χ0n) is 18.2. The van der Waals surface area contributed by atoms with E-state index in [9.17, 15) is 0 Å². The van der Waals surface area contributed by atoms with Crippen molar-refractivity contribution in [3.05, 3.63) is 107 Å². The van der Waals surface area contributed by atoms with E-state index in [1.807, 2.05) is 48.7 Å². The van der Waals surface area contributed by atoms with E-state index >= 15 is 0 Å². The van der Waals surface area contributed by atoms with Crippen LogP contribution in [-0.4, -0.2) is 0 Å². The Hall–Kier alpha value is -3.20. The van der Waals surface area contributed by atoms with E-state index in [1.54, 1.807) is 0 Å². The van der Waals surface area contributed by atoms with Gasteiger partial charge in [-0.1, -0.05) is 85.0 Å². The quantitative estimate of drug-likeness (QED) is 0.179. The summed E-state index contributed by atoms with van der Waals surface area (Å²) in [7, 11) is 0. The second kappa shape index (κ2) is 9.12. The molecule has 0 radical (unpaired) electrons. The third kappa shape index (κ3) is 3.56. The maximum atomic E-state index is 2.29. The summed E-state index contributed by atoms with van der Waals surface area (Å²) in [5.41, 5.74) is 0. The van der Waals surface area contributed by atoms with Crippen LogP contribution >= 0.6 is 22.7 Å². The normalized spacial score (nSPS) is 13.8. The zero-order chi connectivity index (χ0) is 21.9. The molecule has 5 rings (SSSR count). The van der Waals surface area contributed by atoms with Gasteiger partial charge in [0.05, 0.1) is 0 Å². The molecule has 0 aliphatic rings. The van der Waals surface area contributed by atoms with Crippen molar-refractivity contribution in [2.45, 2.75) is 13.8 Å². The van der Waals surface area contributed by atoms with Gasteiger partial charge in [0.2, 0.25) is 0 Å². The van der Waals surface area contributed by atoms with Crippen LogP contribution in [0.1, 0.15) is 23.6 Å². The van der Waals surface area contributed by atoms with E-state index in [1.165, 1.54) is 51.5 Å². The first-order valence-corrected chi connectivity index (χ1v) is 12.5. The lowest BCUT2D eigenvalue weighted by Gasteiger charge is -2.07. The monoisotopic (exact) mass is 448 g/mol. The van der Waals surface area contributed by atoms with Crippen molar-refractivity contribution in [3.63, 3.8) is 0 Å². The van der Waals surface area contributed by atoms with Crippen LogP contribution in [0.2, 0.25) is 0 Å². The number of allylic oxidation sites excluding steroid dienone is 10. The molecule has 0 spiro atoms. The van der Waals surface area contributed by atoms with Crippen molar-refractivity contribution in [3.8, 4) is 0 Å². The first-order valence-electron chi connectivity index (χ1n) is 10.9. The second-order valence-corrected chi connectivity index (χ2v) is 9.75. The molecule has 2 heterocycles. The van der Waals surface area contributed by atoms with Crippen LogP contribution in [0, 0.1) is 0 Å². The molecule has 0 atom stereocenters. The van der Waals surface area contributed by atoms with Crippen molar-refractivity contribution in [1.29, 1.82) is 0 Å². The number of fused-ring (bicyclic) bond motifs is 2. The lowest BCUT2D eigenvalue weighted by atomic mass is 9.94. The van der Waals surface area contributed by atoms with E-state index in [-0.39, 0.29) is 0 Å². The molecule has 0 saturated heterocycles. The first-order chi connectivity index (χ1) is 15.8. The summed E-state index contributed by atoms with van der Waals surface area (Å²) in [5, 5.41) is 8.28. The predicted octanol–water partition coefficient (Wildman–Crippen LogP) is 10.2. The highest BCUT2D eigenvalue weighted by molar-refractivity contribution is 7.22. The Labute approximate surface area is 196 Å². The highest BCUT2D eigenvalue weighted by Gasteiger charge is 2.19. The number of thiophene rings is 2. The summed E-state index contributed by atoms with van der Waals surface area (Å²) in [5.74, 6) is 0. The summed E-state index contributed by atoms with van der Waals surface area (Å²) in [6.07, 6.45) is 25.3. The van der Waals surface area contributed by atoms with Crippen LogP contribution in [0.4, 0.5) is 0 Å². The fraction of sp³-hybridized carbons (Fsp3) is 0.0667. The Bertz CT molecular complexity index is 1450. The molecule has 32 heavy (non-hydrogen) atoms. The molecule has 0 nitrogen and oxygen atoms in total. The molecule has 3 aromatic carbocycles. The topological polar surface area (TPSA) is 0 Å². The van der Waals surface area contributed by atoms with Crippen LogP contribution in [0.15, 0.2) is 97.2 Å². The van der Waals surface area contributed by atoms with Gasteiger partial charge in [-0.05, 0) is 48.9 Å². The molecular formula is C30H24S2. The molecule has 0 saturated carbocycles. The molecule has 2 heteroatoms. The summed E-state index contributed by atoms with van der Waals surface area (Å²) in [4.78, 5) is 2.65. The Balaban J connectivity index is 1.79. The minimum atomic E-state index is 1.33. The fourth-order valence-corrected chi connectivity index (χ4v) is 6.60. The Morgan fingerprint density at radius 3 is 1.38 bits per heavy atom. The highest BCUT2D eigenvalue weighted by Crippen LogP contribution is 2.49. The number of benzene rings is 3. The highest BCUT2D eigenvalue weighted by atomic mass is 32.1. The van der Waals surface area contributed by atoms with E-state index in [0.717, 1.165) is 0 Å². The smallest absolute Gasteiger partial charge is 0.0361 e. The van der Waals surface area contributed by atoms with Crippen molar-refractivity contribution in [2.24, 2.45) is 0 Å². The van der Waals surface area contributed by atoms with E-state index in [0.29, 0.717) is 0 Å². The van der Waals surface area contributed by atoms with Gasteiger partial charge in [0, 0.05) is 40.7 Å². The SMILES string of the molecule is CC=CC=CC=Cc1sc2cccc3c4c(C=CC=CC=CC)sc5cccc(c1c23)c54. The standard InChI is InChI=1S/C30H24S2/c1-3-5-7-9-11-17-23-27-21-15-13-20-26-30(21)28(22-16-14-19-25(31-23)29(22)27)24(32-26)18-12-10-8-6-4-2/h3-20H,1-2H3. The third-order valence-corrected chi connectivity index (χ3v) is 7.81. The van der Waals surface area contributed by atoms with Crippen LogP contribution in [0.3, 0.4) is 0 Å². The van der Waals surface area contributed by atoms with Gasteiger partial charge in [-0.25, -0.2) is 0 Å². The minimum absolute atomic E-state index is 1.33. The molecule has 0 bridgehead atoms. The van der Waals surface area contributed by atoms with Gasteiger partial charge in [-0.3, -0.25) is 0 Å².